The molecule has 1 aliphatic heterocycles. The van der Waals surface area contributed by atoms with Crippen molar-refractivity contribution in [3.05, 3.63) is 70.4 Å². The summed E-state index contributed by atoms with van der Waals surface area (Å²) in [6.07, 6.45) is 0. The Morgan fingerprint density at radius 3 is 2.52 bits per heavy atom. The van der Waals surface area contributed by atoms with E-state index in [2.05, 4.69) is 11.1 Å². The highest BCUT2D eigenvalue weighted by Crippen LogP contribution is 2.29. The van der Waals surface area contributed by atoms with Gasteiger partial charge in [-0.3, -0.25) is 4.79 Å². The molecule has 2 aromatic carbocycles. The Labute approximate surface area is 173 Å². The third-order valence-electron chi connectivity index (χ3n) is 4.93. The first-order valence-electron chi connectivity index (χ1n) is 9.33. The first-order chi connectivity index (χ1) is 14.0. The van der Waals surface area contributed by atoms with Crippen molar-refractivity contribution in [3.63, 3.8) is 0 Å². The van der Waals surface area contributed by atoms with Crippen LogP contribution in [0.2, 0.25) is 5.02 Å². The molecule has 0 radical (unpaired) electrons. The van der Waals surface area contributed by atoms with E-state index in [4.69, 9.17) is 16.0 Å². The van der Waals surface area contributed by atoms with Crippen LogP contribution in [0.3, 0.4) is 0 Å². The van der Waals surface area contributed by atoms with Crippen LogP contribution < -0.4 is 4.90 Å². The van der Waals surface area contributed by atoms with E-state index >= 15 is 0 Å². The van der Waals surface area contributed by atoms with Gasteiger partial charge in [0.05, 0.1) is 0 Å². The van der Waals surface area contributed by atoms with Crippen LogP contribution >= 0.6 is 11.6 Å². The van der Waals surface area contributed by atoms with Gasteiger partial charge in [0.1, 0.15) is 6.07 Å². The molecule has 0 aliphatic carbocycles. The number of benzene rings is 2. The number of halogens is 1. The minimum absolute atomic E-state index is 0.0216. The standard InChI is InChI=1S/C22H19ClN4O2/c1-15-3-2-4-17(13-15)21(28)26-9-11-27(12-10-26)22-19(14-24)25-20(29-22)16-5-7-18(23)8-6-16/h2-8,13H,9-12H2,1H3. The summed E-state index contributed by atoms with van der Waals surface area (Å²) in [5, 5.41) is 10.1. The Hall–Kier alpha value is -3.30. The summed E-state index contributed by atoms with van der Waals surface area (Å²) in [5.74, 6) is 0.847. The second-order valence-electron chi connectivity index (χ2n) is 6.94. The van der Waals surface area contributed by atoms with E-state index in [0.29, 0.717) is 48.5 Å². The Kier molecular flexibility index (Phi) is 5.24. The zero-order valence-electron chi connectivity index (χ0n) is 15.9. The number of carbonyl (C=O) groups is 1. The van der Waals surface area contributed by atoms with Crippen molar-refractivity contribution in [2.45, 2.75) is 6.92 Å². The third-order valence-corrected chi connectivity index (χ3v) is 5.18. The molecule has 0 spiro atoms. The molecule has 1 saturated heterocycles. The number of nitriles is 1. The van der Waals surface area contributed by atoms with Crippen molar-refractivity contribution in [3.8, 4) is 17.5 Å². The van der Waals surface area contributed by atoms with Crippen molar-refractivity contribution < 1.29 is 9.21 Å². The number of piperazine rings is 1. The summed E-state index contributed by atoms with van der Waals surface area (Å²) >= 11 is 5.93. The van der Waals surface area contributed by atoms with Gasteiger partial charge in [0.15, 0.2) is 0 Å². The number of nitrogens with zero attached hydrogens (tertiary/aromatic N) is 4. The van der Waals surface area contributed by atoms with E-state index in [1.54, 1.807) is 24.3 Å². The maximum atomic E-state index is 12.7. The van der Waals surface area contributed by atoms with Crippen LogP contribution in [0.25, 0.3) is 11.5 Å². The maximum Gasteiger partial charge on any atom is 0.253 e. The topological polar surface area (TPSA) is 73.4 Å². The van der Waals surface area contributed by atoms with Gasteiger partial charge < -0.3 is 14.2 Å². The summed E-state index contributed by atoms with van der Waals surface area (Å²) in [4.78, 5) is 20.9. The molecule has 6 nitrogen and oxygen atoms in total. The minimum atomic E-state index is 0.0216. The van der Waals surface area contributed by atoms with Gasteiger partial charge >= 0.3 is 0 Å². The lowest BCUT2D eigenvalue weighted by atomic mass is 10.1. The molecule has 1 amide bonds. The van der Waals surface area contributed by atoms with E-state index in [0.717, 1.165) is 11.1 Å². The summed E-state index contributed by atoms with van der Waals surface area (Å²) in [6, 6.07) is 16.8. The molecule has 1 aliphatic rings. The molecule has 1 aromatic heterocycles. The Bertz CT molecular complexity index is 1080. The molecule has 4 rings (SSSR count). The molecule has 3 aromatic rings. The number of hydrogen-bond donors (Lipinski definition) is 0. The Morgan fingerprint density at radius 1 is 1.14 bits per heavy atom. The quantitative estimate of drug-likeness (QED) is 0.653. The van der Waals surface area contributed by atoms with Gasteiger partial charge in [0.2, 0.25) is 17.5 Å². The highest BCUT2D eigenvalue weighted by molar-refractivity contribution is 6.30. The average Bonchev–Trinajstić information content (AvgIpc) is 3.18. The largest absolute Gasteiger partial charge is 0.419 e. The smallest absolute Gasteiger partial charge is 0.253 e. The average molecular weight is 407 g/mol. The van der Waals surface area contributed by atoms with Gasteiger partial charge in [0.25, 0.3) is 5.91 Å². The number of rotatable bonds is 3. The molecule has 7 heteroatoms. The van der Waals surface area contributed by atoms with Crippen molar-refractivity contribution in [1.29, 1.82) is 5.26 Å². The second kappa shape index (κ2) is 7.98. The molecule has 146 valence electrons. The summed E-state index contributed by atoms with van der Waals surface area (Å²) in [7, 11) is 0. The van der Waals surface area contributed by atoms with Crippen LogP contribution in [-0.4, -0.2) is 42.0 Å². The molecule has 2 heterocycles. The zero-order chi connectivity index (χ0) is 20.4. The SMILES string of the molecule is Cc1cccc(C(=O)N2CCN(c3oc(-c4ccc(Cl)cc4)nc3C#N)CC2)c1. The Morgan fingerprint density at radius 2 is 1.86 bits per heavy atom. The maximum absolute atomic E-state index is 12.7. The number of amides is 1. The fourth-order valence-electron chi connectivity index (χ4n) is 3.39. The third kappa shape index (κ3) is 3.96. The highest BCUT2D eigenvalue weighted by Gasteiger charge is 2.27. The molecular formula is C22H19ClN4O2. The van der Waals surface area contributed by atoms with Crippen molar-refractivity contribution in [2.75, 3.05) is 31.1 Å². The van der Waals surface area contributed by atoms with Gasteiger partial charge in [0, 0.05) is 42.3 Å². The van der Waals surface area contributed by atoms with Crippen LogP contribution in [0, 0.1) is 18.3 Å². The fraction of sp³-hybridized carbons (Fsp3) is 0.227. The van der Waals surface area contributed by atoms with E-state index < -0.39 is 0 Å². The first-order valence-corrected chi connectivity index (χ1v) is 9.70. The summed E-state index contributed by atoms with van der Waals surface area (Å²) in [5.41, 5.74) is 2.75. The molecule has 1 fully saturated rings. The highest BCUT2D eigenvalue weighted by atomic mass is 35.5. The zero-order valence-corrected chi connectivity index (χ0v) is 16.7. The van der Waals surface area contributed by atoms with Crippen LogP contribution in [0.4, 0.5) is 5.88 Å². The lowest BCUT2D eigenvalue weighted by Crippen LogP contribution is -2.48. The molecule has 0 atom stereocenters. The molecule has 0 saturated carbocycles. The van der Waals surface area contributed by atoms with Crippen LogP contribution in [-0.2, 0) is 0 Å². The predicted octanol–water partition coefficient (Wildman–Crippen LogP) is 4.14. The van der Waals surface area contributed by atoms with E-state index in [-0.39, 0.29) is 11.6 Å². The minimum Gasteiger partial charge on any atom is -0.419 e. The van der Waals surface area contributed by atoms with Crippen molar-refractivity contribution in [1.82, 2.24) is 9.88 Å². The number of oxazole rings is 1. The number of carbonyl (C=O) groups excluding carboxylic acids is 1. The lowest BCUT2D eigenvalue weighted by Gasteiger charge is -2.34. The molecular weight excluding hydrogens is 388 g/mol. The molecule has 0 N–H and O–H groups in total. The van der Waals surface area contributed by atoms with Gasteiger partial charge in [-0.15, -0.1) is 0 Å². The van der Waals surface area contributed by atoms with Gasteiger partial charge in [-0.2, -0.15) is 10.2 Å². The van der Waals surface area contributed by atoms with E-state index in [9.17, 15) is 10.1 Å². The number of anilines is 1. The normalized spacial score (nSPS) is 14.0. The molecule has 29 heavy (non-hydrogen) atoms. The van der Waals surface area contributed by atoms with E-state index in [1.165, 1.54) is 0 Å². The van der Waals surface area contributed by atoms with E-state index in [1.807, 2.05) is 41.0 Å². The van der Waals surface area contributed by atoms with Crippen molar-refractivity contribution in [2.24, 2.45) is 0 Å². The van der Waals surface area contributed by atoms with Crippen LogP contribution in [0.1, 0.15) is 21.6 Å². The lowest BCUT2D eigenvalue weighted by molar-refractivity contribution is 0.0745. The van der Waals surface area contributed by atoms with Crippen LogP contribution in [0.15, 0.2) is 52.9 Å². The first kappa shape index (κ1) is 19.0. The molecule has 0 unspecified atom stereocenters. The molecule has 0 bridgehead atoms. The number of aromatic nitrogens is 1. The van der Waals surface area contributed by atoms with Gasteiger partial charge in [-0.05, 0) is 43.3 Å². The number of aryl methyl sites for hydroxylation is 1. The van der Waals surface area contributed by atoms with Gasteiger partial charge in [-0.1, -0.05) is 29.3 Å². The summed E-state index contributed by atoms with van der Waals surface area (Å²) < 4.78 is 5.91. The summed E-state index contributed by atoms with van der Waals surface area (Å²) in [6.45, 7) is 4.21. The monoisotopic (exact) mass is 406 g/mol. The number of hydrogen-bond acceptors (Lipinski definition) is 5. The van der Waals surface area contributed by atoms with Crippen molar-refractivity contribution >= 4 is 23.4 Å². The van der Waals surface area contributed by atoms with Crippen LogP contribution in [0.5, 0.6) is 0 Å². The second-order valence-corrected chi connectivity index (χ2v) is 7.38. The Balaban J connectivity index is 1.49. The predicted molar refractivity (Wildman–Crippen MR) is 111 cm³/mol. The fourth-order valence-corrected chi connectivity index (χ4v) is 3.51. The van der Waals surface area contributed by atoms with Gasteiger partial charge in [-0.25, -0.2) is 0 Å².